The van der Waals surface area contributed by atoms with Crippen molar-refractivity contribution in [1.29, 1.82) is 0 Å². The molecule has 6 heteroatoms. The van der Waals surface area contributed by atoms with E-state index in [1.807, 2.05) is 25.4 Å². The van der Waals surface area contributed by atoms with Gasteiger partial charge in [-0.25, -0.2) is 9.78 Å². The molecule has 1 atom stereocenters. The summed E-state index contributed by atoms with van der Waals surface area (Å²) in [4.78, 5) is 19.8. The van der Waals surface area contributed by atoms with E-state index >= 15 is 0 Å². The lowest BCUT2D eigenvalue weighted by molar-refractivity contribution is 0.205. The lowest BCUT2D eigenvalue weighted by Gasteiger charge is -2.21. The summed E-state index contributed by atoms with van der Waals surface area (Å²) in [6.45, 7) is 4.76. The van der Waals surface area contributed by atoms with Gasteiger partial charge in [0.15, 0.2) is 0 Å². The highest BCUT2D eigenvalue weighted by atomic mass is 32.1. The van der Waals surface area contributed by atoms with Gasteiger partial charge in [0, 0.05) is 29.5 Å². The summed E-state index contributed by atoms with van der Waals surface area (Å²) in [5.41, 5.74) is 1.01. The standard InChI is InChI=1S/C15H21N3OS2/c1-4-13(14-16-11(2)10-21-14)17-15(19)18(3)8-7-12-6-5-9-20-12/h5-6,9-10,13H,4,7-8H2,1-3H3,(H,17,19). The van der Waals surface area contributed by atoms with Crippen molar-refractivity contribution in [3.8, 4) is 0 Å². The molecule has 0 bridgehead atoms. The fraction of sp³-hybridized carbons (Fsp3) is 0.467. The number of thiophene rings is 1. The van der Waals surface area contributed by atoms with Crippen LogP contribution in [0.2, 0.25) is 0 Å². The number of likely N-dealkylation sites (N-methyl/N-ethyl adjacent to an activating group) is 1. The zero-order chi connectivity index (χ0) is 15.2. The summed E-state index contributed by atoms with van der Waals surface area (Å²) >= 11 is 3.33. The topological polar surface area (TPSA) is 45.2 Å². The van der Waals surface area contributed by atoms with Gasteiger partial charge in [0.1, 0.15) is 5.01 Å². The van der Waals surface area contributed by atoms with E-state index in [0.29, 0.717) is 0 Å². The van der Waals surface area contributed by atoms with Crippen molar-refractivity contribution in [2.45, 2.75) is 32.7 Å². The Bertz CT molecular complexity index is 565. The largest absolute Gasteiger partial charge is 0.329 e. The predicted octanol–water partition coefficient (Wildman–Crippen LogP) is 3.85. The summed E-state index contributed by atoms with van der Waals surface area (Å²) in [5, 5.41) is 8.13. The second kappa shape index (κ2) is 7.56. The second-order valence-corrected chi connectivity index (χ2v) is 6.91. The van der Waals surface area contributed by atoms with E-state index in [9.17, 15) is 4.79 Å². The minimum absolute atomic E-state index is 0.000359. The van der Waals surface area contributed by atoms with E-state index in [-0.39, 0.29) is 12.1 Å². The third-order valence-corrected chi connectivity index (χ3v) is 5.27. The number of urea groups is 1. The Balaban J connectivity index is 1.86. The molecule has 2 aromatic rings. The lowest BCUT2D eigenvalue weighted by Crippen LogP contribution is -2.40. The first-order valence-electron chi connectivity index (χ1n) is 7.06. The van der Waals surface area contributed by atoms with Crippen LogP contribution in [0.1, 0.15) is 35.0 Å². The molecule has 0 aliphatic rings. The normalized spacial score (nSPS) is 12.1. The number of hydrogen-bond donors (Lipinski definition) is 1. The number of nitrogens with one attached hydrogen (secondary N) is 1. The molecule has 0 aliphatic carbocycles. The van der Waals surface area contributed by atoms with Crippen LogP contribution in [0.5, 0.6) is 0 Å². The fourth-order valence-corrected chi connectivity index (χ4v) is 3.59. The van der Waals surface area contributed by atoms with Gasteiger partial charge in [0.2, 0.25) is 0 Å². The number of thiazole rings is 1. The van der Waals surface area contributed by atoms with Crippen molar-refractivity contribution in [3.63, 3.8) is 0 Å². The maximum absolute atomic E-state index is 12.2. The number of amides is 2. The maximum atomic E-state index is 12.2. The Morgan fingerprint density at radius 3 is 2.86 bits per heavy atom. The molecule has 1 N–H and O–H groups in total. The first-order valence-corrected chi connectivity index (χ1v) is 8.82. The van der Waals surface area contributed by atoms with Crippen LogP contribution in [0.4, 0.5) is 4.79 Å². The van der Waals surface area contributed by atoms with E-state index in [4.69, 9.17) is 0 Å². The van der Waals surface area contributed by atoms with Gasteiger partial charge in [-0.15, -0.1) is 22.7 Å². The van der Waals surface area contributed by atoms with Crippen molar-refractivity contribution >= 4 is 28.7 Å². The molecule has 4 nitrogen and oxygen atoms in total. The summed E-state index contributed by atoms with van der Waals surface area (Å²) in [5.74, 6) is 0. The predicted molar refractivity (Wildman–Crippen MR) is 89.1 cm³/mol. The van der Waals surface area contributed by atoms with Crippen LogP contribution in [0.3, 0.4) is 0 Å². The van der Waals surface area contributed by atoms with Gasteiger partial charge in [-0.2, -0.15) is 0 Å². The molecular weight excluding hydrogens is 302 g/mol. The molecular formula is C15H21N3OS2. The molecule has 0 fully saturated rings. The quantitative estimate of drug-likeness (QED) is 0.877. The highest BCUT2D eigenvalue weighted by molar-refractivity contribution is 7.10. The highest BCUT2D eigenvalue weighted by Gasteiger charge is 2.18. The molecule has 2 aromatic heterocycles. The minimum atomic E-state index is -0.0359. The number of hydrogen-bond acceptors (Lipinski definition) is 4. The Hall–Kier alpha value is -1.40. The number of aryl methyl sites for hydroxylation is 1. The second-order valence-electron chi connectivity index (χ2n) is 4.99. The Labute approximate surface area is 133 Å². The molecule has 0 aromatic carbocycles. The minimum Gasteiger partial charge on any atom is -0.329 e. The first-order chi connectivity index (χ1) is 10.1. The molecule has 21 heavy (non-hydrogen) atoms. The zero-order valence-electron chi connectivity index (χ0n) is 12.6. The van der Waals surface area contributed by atoms with Crippen LogP contribution in [0, 0.1) is 6.92 Å². The summed E-state index contributed by atoms with van der Waals surface area (Å²) in [6.07, 6.45) is 1.74. The molecule has 2 rings (SSSR count). The highest BCUT2D eigenvalue weighted by Crippen LogP contribution is 2.21. The molecule has 0 aliphatic heterocycles. The van der Waals surface area contributed by atoms with Crippen molar-refractivity contribution < 1.29 is 4.79 Å². The zero-order valence-corrected chi connectivity index (χ0v) is 14.3. The van der Waals surface area contributed by atoms with Crippen molar-refractivity contribution in [1.82, 2.24) is 15.2 Å². The van der Waals surface area contributed by atoms with Gasteiger partial charge in [0.05, 0.1) is 6.04 Å². The molecule has 114 valence electrons. The Morgan fingerprint density at radius 1 is 1.48 bits per heavy atom. The number of rotatable bonds is 6. The van der Waals surface area contributed by atoms with E-state index in [0.717, 1.165) is 30.1 Å². The van der Waals surface area contributed by atoms with E-state index < -0.39 is 0 Å². The van der Waals surface area contributed by atoms with E-state index in [1.54, 1.807) is 27.6 Å². The van der Waals surface area contributed by atoms with Crippen LogP contribution < -0.4 is 5.32 Å². The van der Waals surface area contributed by atoms with Gasteiger partial charge < -0.3 is 10.2 Å². The summed E-state index contributed by atoms with van der Waals surface area (Å²) < 4.78 is 0. The molecule has 0 saturated heterocycles. The average molecular weight is 323 g/mol. The maximum Gasteiger partial charge on any atom is 0.317 e. The molecule has 0 saturated carbocycles. The number of aromatic nitrogens is 1. The third kappa shape index (κ3) is 4.54. The van der Waals surface area contributed by atoms with Crippen LogP contribution in [0.15, 0.2) is 22.9 Å². The van der Waals surface area contributed by atoms with Gasteiger partial charge >= 0.3 is 6.03 Å². The van der Waals surface area contributed by atoms with Gasteiger partial charge in [-0.05, 0) is 31.2 Å². The molecule has 0 spiro atoms. The average Bonchev–Trinajstić information content (AvgIpc) is 3.13. The molecule has 2 heterocycles. The summed E-state index contributed by atoms with van der Waals surface area (Å²) in [7, 11) is 1.84. The van der Waals surface area contributed by atoms with Crippen molar-refractivity contribution in [2.24, 2.45) is 0 Å². The van der Waals surface area contributed by atoms with Crippen molar-refractivity contribution in [3.05, 3.63) is 38.5 Å². The van der Waals surface area contributed by atoms with Crippen LogP contribution >= 0.6 is 22.7 Å². The number of nitrogens with zero attached hydrogens (tertiary/aromatic N) is 2. The lowest BCUT2D eigenvalue weighted by atomic mass is 10.2. The fourth-order valence-electron chi connectivity index (χ4n) is 1.96. The Morgan fingerprint density at radius 2 is 2.29 bits per heavy atom. The molecule has 1 unspecified atom stereocenters. The first kappa shape index (κ1) is 16.0. The van der Waals surface area contributed by atoms with Crippen molar-refractivity contribution in [2.75, 3.05) is 13.6 Å². The van der Waals surface area contributed by atoms with Crippen LogP contribution in [-0.4, -0.2) is 29.5 Å². The van der Waals surface area contributed by atoms with E-state index in [2.05, 4.69) is 28.7 Å². The third-order valence-electron chi connectivity index (χ3n) is 3.26. The Kier molecular flexibility index (Phi) is 5.76. The molecule has 0 radical (unpaired) electrons. The number of carbonyl (C=O) groups is 1. The van der Waals surface area contributed by atoms with E-state index in [1.165, 1.54) is 4.88 Å². The molecule has 2 amide bonds. The van der Waals surface area contributed by atoms with Gasteiger partial charge in [-0.1, -0.05) is 13.0 Å². The summed E-state index contributed by atoms with van der Waals surface area (Å²) in [6, 6.07) is 4.10. The SMILES string of the molecule is CCC(NC(=O)N(C)CCc1cccs1)c1nc(C)cs1. The number of carbonyl (C=O) groups excluding carboxylic acids is 1. The van der Waals surface area contributed by atoms with Gasteiger partial charge in [-0.3, -0.25) is 0 Å². The smallest absolute Gasteiger partial charge is 0.317 e. The monoisotopic (exact) mass is 323 g/mol. The van der Waals surface area contributed by atoms with Gasteiger partial charge in [0.25, 0.3) is 0 Å². The van der Waals surface area contributed by atoms with Crippen LogP contribution in [0.25, 0.3) is 0 Å². The van der Waals surface area contributed by atoms with Crippen LogP contribution in [-0.2, 0) is 6.42 Å².